The third-order valence-corrected chi connectivity index (χ3v) is 8.21. The predicted octanol–water partition coefficient (Wildman–Crippen LogP) is 4.59. The molecule has 1 fully saturated rings. The summed E-state index contributed by atoms with van der Waals surface area (Å²) in [6.45, 7) is 3.49. The lowest BCUT2D eigenvalue weighted by Gasteiger charge is -2.33. The highest BCUT2D eigenvalue weighted by molar-refractivity contribution is 7.49. The van der Waals surface area contributed by atoms with E-state index in [4.69, 9.17) is 0 Å². The van der Waals surface area contributed by atoms with Crippen molar-refractivity contribution in [3.8, 4) is 0 Å². The maximum Gasteiger partial charge on any atom is 0.541 e. The van der Waals surface area contributed by atoms with E-state index < -0.39 is 16.3 Å². The van der Waals surface area contributed by atoms with E-state index in [0.29, 0.717) is 0 Å². The topological polar surface area (TPSA) is 26.3 Å². The van der Waals surface area contributed by atoms with Gasteiger partial charge in [-0.25, -0.2) is 4.57 Å². The van der Waals surface area contributed by atoms with Gasteiger partial charge in [0.1, 0.15) is 0 Å². The average Bonchev–Trinajstić information content (AvgIpc) is 2.01. The maximum absolute atomic E-state index is 12.3. The molecule has 0 aliphatic heterocycles. The van der Waals surface area contributed by atoms with Crippen molar-refractivity contribution in [3.63, 3.8) is 0 Å². The Bertz CT molecular complexity index is 235. The van der Waals surface area contributed by atoms with Crippen LogP contribution in [0.25, 0.3) is 0 Å². The maximum atomic E-state index is 12.3. The Balaban J connectivity index is 2.58. The van der Waals surface area contributed by atoms with Gasteiger partial charge in [0.15, 0.2) is 0 Å². The van der Waals surface area contributed by atoms with Gasteiger partial charge in [-0.15, -0.1) is 8.39 Å². The summed E-state index contributed by atoms with van der Waals surface area (Å²) < 4.78 is 39.6. The fourth-order valence-electron chi connectivity index (χ4n) is 2.15. The number of hydrogen-bond donors (Lipinski definition) is 0. The van der Waals surface area contributed by atoms with Crippen molar-refractivity contribution in [2.24, 2.45) is 0 Å². The van der Waals surface area contributed by atoms with E-state index >= 15 is 0 Å². The van der Waals surface area contributed by atoms with Gasteiger partial charge in [-0.1, -0.05) is 32.1 Å². The quantitative estimate of drug-likeness (QED) is 0.534. The molecule has 2 nitrogen and oxygen atoms in total. The molecule has 1 aliphatic carbocycles. The molecule has 0 amide bonds. The number of rotatable bonds is 3. The lowest BCUT2D eigenvalue weighted by molar-refractivity contribution is 0.362. The molecule has 0 bridgehead atoms. The van der Waals surface area contributed by atoms with Gasteiger partial charge in [0, 0.05) is 0 Å². The molecule has 0 aromatic heterocycles. The van der Waals surface area contributed by atoms with Crippen molar-refractivity contribution in [1.29, 1.82) is 0 Å². The fourth-order valence-corrected chi connectivity index (χ4v) is 6.73. The molecular formula is C8H17F2O2PSi. The van der Waals surface area contributed by atoms with Crippen LogP contribution < -0.4 is 0 Å². The molecule has 6 heteroatoms. The van der Waals surface area contributed by atoms with Crippen LogP contribution in [0.2, 0.25) is 18.6 Å². The lowest BCUT2D eigenvalue weighted by atomic mass is 10.0. The van der Waals surface area contributed by atoms with Crippen molar-refractivity contribution in [2.45, 2.75) is 50.7 Å². The standard InChI is InChI=1S/C8H17F2O2PSi/c1-14(2,12-13(9,10)11)8-6-4-3-5-7-8/h8H,3-7H2,1-2H3. The van der Waals surface area contributed by atoms with Gasteiger partial charge in [-0.05, 0) is 18.6 Å². The van der Waals surface area contributed by atoms with Crippen molar-refractivity contribution in [1.82, 2.24) is 0 Å². The first-order valence-corrected chi connectivity index (χ1v) is 9.40. The minimum absolute atomic E-state index is 0.246. The molecule has 1 saturated carbocycles. The highest BCUT2D eigenvalue weighted by atomic mass is 31.2. The Morgan fingerprint density at radius 2 is 1.71 bits per heavy atom. The minimum Gasteiger partial charge on any atom is -0.323 e. The average molecular weight is 242 g/mol. The molecule has 0 spiro atoms. The molecule has 0 N–H and O–H groups in total. The van der Waals surface area contributed by atoms with Gasteiger partial charge in [0.2, 0.25) is 8.32 Å². The van der Waals surface area contributed by atoms with E-state index in [1.54, 1.807) is 13.1 Å². The molecule has 0 saturated heterocycles. The Morgan fingerprint density at radius 3 is 2.14 bits per heavy atom. The summed E-state index contributed by atoms with van der Waals surface area (Å²) in [4.78, 5) is 0. The second-order valence-corrected chi connectivity index (χ2v) is 10.0. The van der Waals surface area contributed by atoms with Crippen molar-refractivity contribution in [3.05, 3.63) is 0 Å². The Morgan fingerprint density at radius 1 is 1.21 bits per heavy atom. The van der Waals surface area contributed by atoms with Crippen LogP contribution in [0.15, 0.2) is 0 Å². The van der Waals surface area contributed by atoms with Gasteiger partial charge in [-0.3, -0.25) is 0 Å². The highest BCUT2D eigenvalue weighted by Crippen LogP contribution is 2.55. The van der Waals surface area contributed by atoms with Crippen LogP contribution in [-0.2, 0) is 8.78 Å². The van der Waals surface area contributed by atoms with Gasteiger partial charge in [-0.2, -0.15) is 0 Å². The minimum atomic E-state index is -5.29. The zero-order valence-electron chi connectivity index (χ0n) is 8.63. The van der Waals surface area contributed by atoms with Gasteiger partial charge in [0.25, 0.3) is 0 Å². The molecule has 14 heavy (non-hydrogen) atoms. The highest BCUT2D eigenvalue weighted by Gasteiger charge is 2.41. The summed E-state index contributed by atoms with van der Waals surface area (Å²) in [5, 5.41) is 0. The van der Waals surface area contributed by atoms with Crippen LogP contribution in [0.4, 0.5) is 8.39 Å². The van der Waals surface area contributed by atoms with Crippen LogP contribution in [0.3, 0.4) is 0 Å². The Kier molecular flexibility index (Phi) is 3.89. The molecule has 1 aliphatic rings. The zero-order chi connectivity index (χ0) is 10.8. The Hall–Kier alpha value is 0.267. The van der Waals surface area contributed by atoms with E-state index in [9.17, 15) is 13.0 Å². The van der Waals surface area contributed by atoms with Crippen LogP contribution in [0.1, 0.15) is 32.1 Å². The van der Waals surface area contributed by atoms with Crippen LogP contribution in [-0.4, -0.2) is 8.32 Å². The predicted molar refractivity (Wildman–Crippen MR) is 55.2 cm³/mol. The molecule has 0 atom stereocenters. The Labute approximate surface area is 84.9 Å². The van der Waals surface area contributed by atoms with E-state index in [1.165, 1.54) is 6.42 Å². The summed E-state index contributed by atoms with van der Waals surface area (Å²) in [5.41, 5.74) is 0.246. The molecule has 0 heterocycles. The molecule has 0 aromatic carbocycles. The third-order valence-electron chi connectivity index (χ3n) is 2.93. The first-order valence-electron chi connectivity index (χ1n) is 5.01. The summed E-state index contributed by atoms with van der Waals surface area (Å²) >= 11 is 0. The van der Waals surface area contributed by atoms with Crippen molar-refractivity contribution < 1.29 is 17.2 Å². The van der Waals surface area contributed by atoms with Crippen LogP contribution >= 0.6 is 7.99 Å². The van der Waals surface area contributed by atoms with E-state index in [2.05, 4.69) is 4.21 Å². The van der Waals surface area contributed by atoms with E-state index in [1.807, 2.05) is 0 Å². The molecule has 84 valence electrons. The smallest absolute Gasteiger partial charge is 0.323 e. The van der Waals surface area contributed by atoms with Crippen LogP contribution in [0.5, 0.6) is 0 Å². The van der Waals surface area contributed by atoms with Gasteiger partial charge in [0.05, 0.1) is 0 Å². The third kappa shape index (κ3) is 3.79. The second-order valence-electron chi connectivity index (χ2n) is 4.44. The van der Waals surface area contributed by atoms with Crippen molar-refractivity contribution in [2.75, 3.05) is 0 Å². The molecule has 0 unspecified atom stereocenters. The van der Waals surface area contributed by atoms with Crippen molar-refractivity contribution >= 4 is 16.3 Å². The summed E-state index contributed by atoms with van der Waals surface area (Å²) in [7, 11) is -7.74. The van der Waals surface area contributed by atoms with Crippen LogP contribution in [0, 0.1) is 0 Å². The van der Waals surface area contributed by atoms with Gasteiger partial charge >= 0.3 is 7.99 Å². The normalized spacial score (nSPS) is 21.1. The summed E-state index contributed by atoms with van der Waals surface area (Å²) in [6, 6.07) is 0. The monoisotopic (exact) mass is 242 g/mol. The first kappa shape index (κ1) is 12.3. The summed E-state index contributed by atoms with van der Waals surface area (Å²) in [5.74, 6) is 0. The lowest BCUT2D eigenvalue weighted by Crippen LogP contribution is -2.35. The first-order chi connectivity index (χ1) is 6.31. The second kappa shape index (κ2) is 4.41. The van der Waals surface area contributed by atoms with E-state index in [0.717, 1.165) is 25.7 Å². The molecule has 0 aromatic rings. The molecule has 1 rings (SSSR count). The fraction of sp³-hybridized carbons (Fsp3) is 1.00. The SMILES string of the molecule is C[Si](C)(OP(=O)(F)F)C1CCCCC1. The number of halogens is 2. The molecule has 0 radical (unpaired) electrons. The zero-order valence-corrected chi connectivity index (χ0v) is 10.5. The molecular weight excluding hydrogens is 225 g/mol. The summed E-state index contributed by atoms with van der Waals surface area (Å²) in [6.07, 6.45) is 5.28. The largest absolute Gasteiger partial charge is 0.541 e. The number of hydrogen-bond acceptors (Lipinski definition) is 2. The van der Waals surface area contributed by atoms with Gasteiger partial charge < -0.3 is 4.21 Å². The van der Waals surface area contributed by atoms with E-state index in [-0.39, 0.29) is 5.54 Å².